The normalized spacial score (nSPS) is 16.6. The number of aromatic nitrogens is 3. The van der Waals surface area contributed by atoms with Crippen molar-refractivity contribution in [1.29, 1.82) is 5.26 Å². The first kappa shape index (κ1) is 33.2. The summed E-state index contributed by atoms with van der Waals surface area (Å²) in [6.07, 6.45) is 1.30. The largest absolute Gasteiger partial charge is 0.444 e. The van der Waals surface area contributed by atoms with Crippen LogP contribution in [0.15, 0.2) is 12.4 Å². The van der Waals surface area contributed by atoms with E-state index < -0.39 is 35.0 Å². The summed E-state index contributed by atoms with van der Waals surface area (Å²) in [4.78, 5) is 42.4. The zero-order valence-electron chi connectivity index (χ0n) is 27.7. The Morgan fingerprint density at radius 2 is 1.77 bits per heavy atom. The maximum atomic E-state index is 16.9. The van der Waals surface area contributed by atoms with Gasteiger partial charge in [-0.25, -0.2) is 28.3 Å². The number of ether oxygens (including phenoxy) is 3. The molecule has 1 atom stereocenters. The van der Waals surface area contributed by atoms with E-state index in [4.69, 9.17) is 14.2 Å². The molecule has 1 fully saturated rings. The number of halogens is 2. The molecule has 1 aromatic carbocycles. The molecule has 252 valence electrons. The molecule has 1 saturated heterocycles. The topological polar surface area (TPSA) is 143 Å². The van der Waals surface area contributed by atoms with Crippen LogP contribution < -0.4 is 10.2 Å². The summed E-state index contributed by atoms with van der Waals surface area (Å²) in [5, 5.41) is 13.3. The van der Waals surface area contributed by atoms with Crippen molar-refractivity contribution in [2.45, 2.75) is 78.9 Å². The molecule has 0 saturated carbocycles. The lowest BCUT2D eigenvalue weighted by Gasteiger charge is -2.40. The first-order chi connectivity index (χ1) is 22.6. The summed E-state index contributed by atoms with van der Waals surface area (Å²) in [6, 6.07) is 1.83. The van der Waals surface area contributed by atoms with Crippen molar-refractivity contribution in [1.82, 2.24) is 19.9 Å². The standard InChI is InChI=1S/C33H35F2N7O5S/c1-16-13-41(31(44)47-33(5,6)7)8-9-42(16)29-38-11-18-19-14-45-15-20(19)22(24(35)25(18)39-29)26-23-17(10-36)28(40-30(43)46-32(2,3)4)48-27(23)21(34)12-37-26/h11-12,16H,8-9,13-15H2,1-7H3,(H,40,43)/t16-/m1/s1. The average molecular weight is 680 g/mol. The van der Waals surface area contributed by atoms with Crippen molar-refractivity contribution < 1.29 is 32.6 Å². The molecule has 0 spiro atoms. The number of thiophene rings is 1. The highest BCUT2D eigenvalue weighted by Crippen LogP contribution is 2.46. The number of nitrogens with zero attached hydrogens (tertiary/aromatic N) is 6. The van der Waals surface area contributed by atoms with Gasteiger partial charge in [0.05, 0.1) is 35.4 Å². The number of anilines is 2. The van der Waals surface area contributed by atoms with E-state index in [2.05, 4.69) is 20.3 Å². The third-order valence-electron chi connectivity index (χ3n) is 7.86. The van der Waals surface area contributed by atoms with Crippen molar-refractivity contribution in [3.05, 3.63) is 40.7 Å². The number of carbonyl (C=O) groups is 2. The minimum atomic E-state index is -0.822. The van der Waals surface area contributed by atoms with Crippen molar-refractivity contribution in [3.63, 3.8) is 0 Å². The second-order valence-electron chi connectivity index (χ2n) is 13.7. The van der Waals surface area contributed by atoms with Gasteiger partial charge in [0.1, 0.15) is 27.8 Å². The highest BCUT2D eigenvalue weighted by molar-refractivity contribution is 7.23. The molecular weight excluding hydrogens is 644 g/mol. The highest BCUT2D eigenvalue weighted by Gasteiger charge is 2.34. The number of benzene rings is 1. The maximum Gasteiger partial charge on any atom is 0.412 e. The number of rotatable bonds is 3. The zero-order valence-corrected chi connectivity index (χ0v) is 28.5. The molecule has 48 heavy (non-hydrogen) atoms. The Bertz CT molecular complexity index is 2010. The maximum absolute atomic E-state index is 16.9. The van der Waals surface area contributed by atoms with Gasteiger partial charge in [0.25, 0.3) is 0 Å². The number of hydrogen-bond donors (Lipinski definition) is 1. The van der Waals surface area contributed by atoms with Gasteiger partial charge in [-0.15, -0.1) is 11.3 Å². The lowest BCUT2D eigenvalue weighted by molar-refractivity contribution is 0.0217. The van der Waals surface area contributed by atoms with Gasteiger partial charge in [-0.1, -0.05) is 0 Å². The van der Waals surface area contributed by atoms with E-state index in [1.165, 1.54) is 0 Å². The van der Waals surface area contributed by atoms with E-state index in [0.717, 1.165) is 17.5 Å². The Morgan fingerprint density at radius 3 is 2.44 bits per heavy atom. The van der Waals surface area contributed by atoms with Crippen LogP contribution in [0.1, 0.15) is 65.2 Å². The molecule has 4 aromatic rings. The van der Waals surface area contributed by atoms with E-state index >= 15 is 8.78 Å². The number of amides is 2. The number of nitriles is 1. The summed E-state index contributed by atoms with van der Waals surface area (Å²) in [6.45, 7) is 13.7. The summed E-state index contributed by atoms with van der Waals surface area (Å²) >= 11 is 0.835. The van der Waals surface area contributed by atoms with Gasteiger partial charge >= 0.3 is 12.2 Å². The van der Waals surface area contributed by atoms with Gasteiger partial charge in [-0.2, -0.15) is 5.26 Å². The van der Waals surface area contributed by atoms with E-state index in [0.29, 0.717) is 36.1 Å². The van der Waals surface area contributed by atoms with Crippen LogP contribution >= 0.6 is 11.3 Å². The van der Waals surface area contributed by atoms with Crippen LogP contribution in [0.2, 0.25) is 0 Å². The van der Waals surface area contributed by atoms with Crippen molar-refractivity contribution in [2.75, 3.05) is 29.9 Å². The van der Waals surface area contributed by atoms with Crippen LogP contribution in [0.4, 0.5) is 29.3 Å². The molecule has 0 bridgehead atoms. The van der Waals surface area contributed by atoms with Crippen LogP contribution in [0.25, 0.3) is 32.2 Å². The molecule has 2 aliphatic rings. The van der Waals surface area contributed by atoms with Crippen molar-refractivity contribution in [2.24, 2.45) is 0 Å². The fourth-order valence-electron chi connectivity index (χ4n) is 5.89. The number of piperazine rings is 1. The number of pyridine rings is 1. The summed E-state index contributed by atoms with van der Waals surface area (Å²) in [7, 11) is 0. The molecule has 0 unspecified atom stereocenters. The fourth-order valence-corrected chi connectivity index (χ4v) is 6.93. The van der Waals surface area contributed by atoms with Gasteiger partial charge < -0.3 is 24.0 Å². The first-order valence-electron chi connectivity index (χ1n) is 15.4. The zero-order chi connectivity index (χ0) is 34.7. The molecule has 5 heterocycles. The van der Waals surface area contributed by atoms with Crippen LogP contribution in [0.3, 0.4) is 0 Å². The first-order valence-corrected chi connectivity index (χ1v) is 16.2. The highest BCUT2D eigenvalue weighted by atomic mass is 32.1. The Morgan fingerprint density at radius 1 is 1.06 bits per heavy atom. The molecule has 3 aromatic heterocycles. The quantitative estimate of drug-likeness (QED) is 0.243. The van der Waals surface area contributed by atoms with Gasteiger partial charge in [-0.3, -0.25) is 10.3 Å². The molecule has 12 nitrogen and oxygen atoms in total. The van der Waals surface area contributed by atoms with Crippen LogP contribution in [0.5, 0.6) is 0 Å². The van der Waals surface area contributed by atoms with E-state index in [9.17, 15) is 14.9 Å². The number of fused-ring (bicyclic) bond motifs is 4. The number of nitrogens with one attached hydrogen (secondary N) is 1. The SMILES string of the molecule is C[C@@H]1CN(C(=O)OC(C)(C)C)CCN1c1ncc2c3c(c(-c4ncc(F)c5sc(NC(=O)OC(C)(C)C)c(C#N)c45)c(F)c2n1)COC3. The Kier molecular flexibility index (Phi) is 8.37. The van der Waals surface area contributed by atoms with E-state index in [1.54, 1.807) is 31.9 Å². The second-order valence-corrected chi connectivity index (χ2v) is 14.8. The Balaban J connectivity index is 1.44. The minimum absolute atomic E-state index is 0.0149. The molecule has 0 aliphatic carbocycles. The summed E-state index contributed by atoms with van der Waals surface area (Å²) in [5.41, 5.74) is -0.289. The molecule has 0 radical (unpaired) electrons. The van der Waals surface area contributed by atoms with Crippen LogP contribution in [-0.4, -0.2) is 68.9 Å². The smallest absolute Gasteiger partial charge is 0.412 e. The van der Waals surface area contributed by atoms with Crippen molar-refractivity contribution in [3.8, 4) is 17.3 Å². The third-order valence-corrected chi connectivity index (χ3v) is 8.97. The lowest BCUT2D eigenvalue weighted by Crippen LogP contribution is -2.55. The fraction of sp³-hybridized carbons (Fsp3) is 0.455. The summed E-state index contributed by atoms with van der Waals surface area (Å²) in [5.74, 6) is -1.18. The van der Waals surface area contributed by atoms with E-state index in [1.807, 2.05) is 38.7 Å². The number of hydrogen-bond acceptors (Lipinski definition) is 11. The molecular formula is C33H35F2N7O5S. The molecule has 2 amide bonds. The third kappa shape index (κ3) is 6.17. The van der Waals surface area contributed by atoms with Gasteiger partial charge in [0.15, 0.2) is 11.6 Å². The Hall–Kier alpha value is -4.68. The molecule has 1 N–H and O–H groups in total. The van der Waals surface area contributed by atoms with Crippen LogP contribution in [-0.2, 0) is 27.4 Å². The van der Waals surface area contributed by atoms with Crippen LogP contribution in [0, 0.1) is 23.0 Å². The van der Waals surface area contributed by atoms with Gasteiger partial charge in [0.2, 0.25) is 5.95 Å². The Labute approximate surface area is 279 Å². The van der Waals surface area contributed by atoms with E-state index in [-0.39, 0.29) is 62.6 Å². The monoisotopic (exact) mass is 679 g/mol. The van der Waals surface area contributed by atoms with Crippen molar-refractivity contribution >= 4 is 55.5 Å². The molecule has 15 heteroatoms. The predicted octanol–water partition coefficient (Wildman–Crippen LogP) is 6.88. The second kappa shape index (κ2) is 12.1. The minimum Gasteiger partial charge on any atom is -0.444 e. The predicted molar refractivity (Wildman–Crippen MR) is 176 cm³/mol. The summed E-state index contributed by atoms with van der Waals surface area (Å²) < 4.78 is 48.8. The lowest BCUT2D eigenvalue weighted by atomic mass is 9.94. The average Bonchev–Trinajstić information content (AvgIpc) is 3.62. The molecule has 2 aliphatic heterocycles. The van der Waals surface area contributed by atoms with Gasteiger partial charge in [-0.05, 0) is 59.6 Å². The number of carbonyl (C=O) groups excluding carboxylic acids is 2. The molecule has 6 rings (SSSR count). The van der Waals surface area contributed by atoms with Gasteiger partial charge in [0, 0.05) is 48.2 Å².